The van der Waals surface area contributed by atoms with Crippen molar-refractivity contribution in [2.24, 2.45) is 0 Å². The number of benzene rings is 2. The van der Waals surface area contributed by atoms with Crippen molar-refractivity contribution in [1.29, 1.82) is 0 Å². The van der Waals surface area contributed by atoms with Crippen LogP contribution in [0.1, 0.15) is 15.9 Å². The van der Waals surface area contributed by atoms with Gasteiger partial charge in [-0.1, -0.05) is 36.0 Å². The summed E-state index contributed by atoms with van der Waals surface area (Å²) in [6.45, 7) is 0. The number of nitrogens with one attached hydrogen (secondary N) is 3. The Labute approximate surface area is 148 Å². The van der Waals surface area contributed by atoms with E-state index in [9.17, 15) is 4.79 Å². The molecule has 124 valence electrons. The first-order valence-corrected chi connectivity index (χ1v) is 8.74. The smallest absolute Gasteiger partial charge is 0.256 e. The van der Waals surface area contributed by atoms with Crippen LogP contribution in [0.2, 0.25) is 0 Å². The summed E-state index contributed by atoms with van der Waals surface area (Å²) < 4.78 is 0. The second-order valence-corrected chi connectivity index (χ2v) is 6.43. The third-order valence-electron chi connectivity index (χ3n) is 3.71. The Morgan fingerprint density at radius 3 is 2.68 bits per heavy atom. The molecule has 0 unspecified atom stereocenters. The zero-order valence-electron chi connectivity index (χ0n) is 13.2. The van der Waals surface area contributed by atoms with Gasteiger partial charge in [0.15, 0.2) is 5.16 Å². The molecule has 0 aliphatic heterocycles. The van der Waals surface area contributed by atoms with Crippen molar-refractivity contribution >= 4 is 34.5 Å². The van der Waals surface area contributed by atoms with Gasteiger partial charge in [-0.15, -0.1) is 0 Å². The summed E-state index contributed by atoms with van der Waals surface area (Å²) in [7, 11) is 0. The second kappa shape index (κ2) is 6.82. The molecule has 0 aliphatic carbocycles. The lowest BCUT2D eigenvalue weighted by Crippen LogP contribution is -2.12. The third-order valence-corrected chi connectivity index (χ3v) is 4.65. The molecule has 25 heavy (non-hydrogen) atoms. The van der Waals surface area contributed by atoms with Gasteiger partial charge in [-0.05, 0) is 29.8 Å². The first kappa shape index (κ1) is 15.5. The lowest BCUT2D eigenvalue weighted by atomic mass is 10.1. The average Bonchev–Trinajstić information content (AvgIpc) is 3.29. The van der Waals surface area contributed by atoms with Crippen LogP contribution < -0.4 is 5.32 Å². The van der Waals surface area contributed by atoms with Gasteiger partial charge in [0, 0.05) is 17.4 Å². The number of aromatic nitrogens is 4. The van der Waals surface area contributed by atoms with E-state index in [0.29, 0.717) is 11.4 Å². The summed E-state index contributed by atoms with van der Waals surface area (Å²) >= 11 is 1.64. The Morgan fingerprint density at radius 2 is 1.92 bits per heavy atom. The summed E-state index contributed by atoms with van der Waals surface area (Å²) in [4.78, 5) is 20.0. The Bertz CT molecular complexity index is 959. The number of rotatable bonds is 5. The summed E-state index contributed by atoms with van der Waals surface area (Å²) in [5.41, 5.74) is 3.74. The molecule has 0 atom stereocenters. The predicted octanol–water partition coefficient (Wildman–Crippen LogP) is 3.83. The first-order valence-electron chi connectivity index (χ1n) is 7.75. The summed E-state index contributed by atoms with van der Waals surface area (Å²) in [6, 6.07) is 17.2. The molecule has 0 aliphatic rings. The number of carbonyl (C=O) groups is 1. The molecule has 2 heterocycles. The monoisotopic (exact) mass is 349 g/mol. The largest absolute Gasteiger partial charge is 0.333 e. The quantitative estimate of drug-likeness (QED) is 0.478. The molecule has 1 amide bonds. The maximum atomic E-state index is 12.1. The highest BCUT2D eigenvalue weighted by Crippen LogP contribution is 2.23. The van der Waals surface area contributed by atoms with E-state index in [0.717, 1.165) is 27.5 Å². The molecular weight excluding hydrogens is 334 g/mol. The molecule has 0 radical (unpaired) electrons. The third kappa shape index (κ3) is 3.56. The molecule has 2 aromatic carbocycles. The van der Waals surface area contributed by atoms with Crippen LogP contribution >= 0.6 is 11.8 Å². The van der Waals surface area contributed by atoms with Gasteiger partial charge >= 0.3 is 0 Å². The van der Waals surface area contributed by atoms with Gasteiger partial charge in [-0.25, -0.2) is 4.98 Å². The van der Waals surface area contributed by atoms with E-state index in [2.05, 4.69) is 25.5 Å². The highest BCUT2D eigenvalue weighted by atomic mass is 32.2. The van der Waals surface area contributed by atoms with Crippen LogP contribution in [-0.2, 0) is 5.75 Å². The van der Waals surface area contributed by atoms with E-state index in [-0.39, 0.29) is 5.91 Å². The number of para-hydroxylation sites is 2. The van der Waals surface area contributed by atoms with Crippen LogP contribution in [0.15, 0.2) is 66.0 Å². The van der Waals surface area contributed by atoms with Crippen molar-refractivity contribution in [3.05, 3.63) is 71.9 Å². The number of fused-ring (bicyclic) bond motifs is 1. The van der Waals surface area contributed by atoms with Crippen LogP contribution in [0.3, 0.4) is 0 Å². The van der Waals surface area contributed by atoms with Crippen molar-refractivity contribution in [3.8, 4) is 0 Å². The Hall–Kier alpha value is -3.06. The van der Waals surface area contributed by atoms with Gasteiger partial charge < -0.3 is 10.3 Å². The lowest BCUT2D eigenvalue weighted by molar-refractivity contribution is 0.102. The van der Waals surface area contributed by atoms with Crippen molar-refractivity contribution in [2.75, 3.05) is 5.32 Å². The number of H-pyrrole nitrogens is 2. The van der Waals surface area contributed by atoms with Crippen LogP contribution in [0.5, 0.6) is 0 Å². The van der Waals surface area contributed by atoms with Gasteiger partial charge in [0.2, 0.25) is 0 Å². The van der Waals surface area contributed by atoms with E-state index in [1.54, 1.807) is 24.0 Å². The number of aromatic amines is 2. The topological polar surface area (TPSA) is 86.5 Å². The molecule has 0 saturated carbocycles. The SMILES string of the molecule is O=C(Nc1ccn[nH]1)c1ccc(CSc2nc3ccccc3[nH]2)cc1. The normalized spacial score (nSPS) is 10.9. The number of carbonyl (C=O) groups excluding carboxylic acids is 1. The molecule has 0 fully saturated rings. The first-order chi connectivity index (χ1) is 12.3. The second-order valence-electron chi connectivity index (χ2n) is 5.47. The molecule has 2 aromatic heterocycles. The van der Waals surface area contributed by atoms with Gasteiger partial charge in [0.1, 0.15) is 5.82 Å². The van der Waals surface area contributed by atoms with Crippen LogP contribution in [0, 0.1) is 0 Å². The number of amides is 1. The van der Waals surface area contributed by atoms with E-state index < -0.39 is 0 Å². The van der Waals surface area contributed by atoms with E-state index in [1.807, 2.05) is 48.5 Å². The minimum atomic E-state index is -0.166. The number of imidazole rings is 1. The number of hydrogen-bond acceptors (Lipinski definition) is 4. The number of nitrogens with zero attached hydrogens (tertiary/aromatic N) is 2. The number of anilines is 1. The van der Waals surface area contributed by atoms with Gasteiger partial charge in [-0.3, -0.25) is 9.89 Å². The molecular formula is C18H15N5OS. The fourth-order valence-corrected chi connectivity index (χ4v) is 3.26. The molecule has 0 saturated heterocycles. The minimum Gasteiger partial charge on any atom is -0.333 e. The maximum Gasteiger partial charge on any atom is 0.256 e. The molecule has 3 N–H and O–H groups in total. The lowest BCUT2D eigenvalue weighted by Gasteiger charge is -2.04. The van der Waals surface area contributed by atoms with Crippen molar-refractivity contribution < 1.29 is 4.79 Å². The van der Waals surface area contributed by atoms with Crippen LogP contribution in [0.25, 0.3) is 11.0 Å². The fourth-order valence-electron chi connectivity index (χ4n) is 2.42. The molecule has 4 rings (SSSR count). The van der Waals surface area contributed by atoms with Gasteiger partial charge in [-0.2, -0.15) is 5.10 Å². The van der Waals surface area contributed by atoms with Crippen LogP contribution in [0.4, 0.5) is 5.82 Å². The van der Waals surface area contributed by atoms with E-state index in [4.69, 9.17) is 0 Å². The van der Waals surface area contributed by atoms with E-state index >= 15 is 0 Å². The summed E-state index contributed by atoms with van der Waals surface area (Å²) in [6.07, 6.45) is 1.59. The molecule has 6 nitrogen and oxygen atoms in total. The van der Waals surface area contributed by atoms with E-state index in [1.165, 1.54) is 0 Å². The summed E-state index contributed by atoms with van der Waals surface area (Å²) in [5, 5.41) is 10.1. The van der Waals surface area contributed by atoms with Crippen molar-refractivity contribution in [2.45, 2.75) is 10.9 Å². The van der Waals surface area contributed by atoms with Crippen LogP contribution in [-0.4, -0.2) is 26.1 Å². The fraction of sp³-hybridized carbons (Fsp3) is 0.0556. The maximum absolute atomic E-state index is 12.1. The summed E-state index contributed by atoms with van der Waals surface area (Å²) in [5.74, 6) is 1.19. The highest BCUT2D eigenvalue weighted by molar-refractivity contribution is 7.98. The van der Waals surface area contributed by atoms with Gasteiger partial charge in [0.25, 0.3) is 5.91 Å². The Balaban J connectivity index is 1.39. The molecule has 4 aromatic rings. The molecule has 7 heteroatoms. The molecule has 0 spiro atoms. The van der Waals surface area contributed by atoms with Crippen molar-refractivity contribution in [3.63, 3.8) is 0 Å². The Kier molecular flexibility index (Phi) is 4.22. The molecule has 0 bridgehead atoms. The average molecular weight is 349 g/mol. The zero-order chi connectivity index (χ0) is 17.1. The Morgan fingerprint density at radius 1 is 1.08 bits per heavy atom. The van der Waals surface area contributed by atoms with Crippen molar-refractivity contribution in [1.82, 2.24) is 20.2 Å². The minimum absolute atomic E-state index is 0.166. The predicted molar refractivity (Wildman–Crippen MR) is 98.6 cm³/mol. The number of thioether (sulfide) groups is 1. The highest BCUT2D eigenvalue weighted by Gasteiger charge is 2.07. The van der Waals surface area contributed by atoms with Gasteiger partial charge in [0.05, 0.1) is 17.2 Å². The number of hydrogen-bond donors (Lipinski definition) is 3. The standard InChI is InChI=1S/C18H15N5OS/c24-17(22-16-9-10-19-23-16)13-7-5-12(6-8-13)11-25-18-20-14-3-1-2-4-15(14)21-18/h1-10H,11H2,(H,20,21)(H2,19,22,23,24). The zero-order valence-corrected chi connectivity index (χ0v) is 14.0.